The SMILES string of the molecule is Cc1ccc(C)c(-n2ncc(-c3nnn(Cc4ccc([N+](=O)[O-])cc4)n3)c2SSc2c(-c3nnn(Cc4ccc([N+](=O)[O-])cc4)n3)cnn2-c2cc(C)ccc2C)c1. The fourth-order valence-corrected chi connectivity index (χ4v) is 8.56. The molecule has 0 unspecified atom stereocenters. The molecule has 0 saturated carbocycles. The monoisotopic (exact) mass is 812 g/mol. The number of non-ortho nitro benzene ring substituents is 2. The van der Waals surface area contributed by atoms with Crippen molar-refractivity contribution in [1.82, 2.24) is 60.0 Å². The van der Waals surface area contributed by atoms with Gasteiger partial charge < -0.3 is 0 Å². The number of benzene rings is 4. The summed E-state index contributed by atoms with van der Waals surface area (Å²) < 4.78 is 3.73. The smallest absolute Gasteiger partial charge is 0.258 e. The van der Waals surface area contributed by atoms with Crippen molar-refractivity contribution in [2.24, 2.45) is 0 Å². The highest BCUT2D eigenvalue weighted by atomic mass is 33.1. The Balaban J connectivity index is 1.16. The van der Waals surface area contributed by atoms with Gasteiger partial charge in [0.05, 0.1) is 57.8 Å². The first kappa shape index (κ1) is 37.8. The van der Waals surface area contributed by atoms with Gasteiger partial charge in [-0.1, -0.05) is 48.5 Å². The minimum Gasteiger partial charge on any atom is -0.258 e. The van der Waals surface area contributed by atoms with Gasteiger partial charge >= 0.3 is 0 Å². The highest BCUT2D eigenvalue weighted by Crippen LogP contribution is 2.46. The second kappa shape index (κ2) is 15.8. The first-order valence-electron chi connectivity index (χ1n) is 17.7. The van der Waals surface area contributed by atoms with Crippen molar-refractivity contribution in [3.63, 3.8) is 0 Å². The van der Waals surface area contributed by atoms with Gasteiger partial charge in [-0.05, 0) is 105 Å². The lowest BCUT2D eigenvalue weighted by Crippen LogP contribution is -2.04. The Morgan fingerprint density at radius 3 is 1.34 bits per heavy atom. The summed E-state index contributed by atoms with van der Waals surface area (Å²) >= 11 is 0. The lowest BCUT2D eigenvalue weighted by molar-refractivity contribution is -0.385. The minimum absolute atomic E-state index is 0.00119. The summed E-state index contributed by atoms with van der Waals surface area (Å²) in [7, 11) is 2.88. The standard InChI is InChI=1S/C38H32N14O4S2/c1-23-5-7-25(3)33(17-23)49-37(31(19-39-49)35-41-45-47(43-35)21-27-9-13-29(14-10-27)51(53)54)57-58-38-32(20-40-50(38)34-18-24(2)6-8-26(34)4)36-42-46-48(44-36)22-28-11-15-30(16-12-28)52(55)56/h5-20H,21-22H2,1-4H3. The Labute approximate surface area is 337 Å². The molecule has 290 valence electrons. The average molecular weight is 813 g/mol. The van der Waals surface area contributed by atoms with Crippen LogP contribution in [0.5, 0.6) is 0 Å². The van der Waals surface area contributed by atoms with E-state index >= 15 is 0 Å². The summed E-state index contributed by atoms with van der Waals surface area (Å²) in [5.41, 5.74) is 8.73. The summed E-state index contributed by atoms with van der Waals surface area (Å²) in [4.78, 5) is 24.3. The van der Waals surface area contributed by atoms with E-state index in [-0.39, 0.29) is 24.5 Å². The Morgan fingerprint density at radius 2 is 0.966 bits per heavy atom. The van der Waals surface area contributed by atoms with Gasteiger partial charge in [0.2, 0.25) is 11.6 Å². The molecule has 20 heteroatoms. The molecule has 4 aromatic heterocycles. The molecule has 0 bridgehead atoms. The summed E-state index contributed by atoms with van der Waals surface area (Å²) in [6.07, 6.45) is 3.43. The second-order valence-electron chi connectivity index (χ2n) is 13.4. The van der Waals surface area contributed by atoms with E-state index in [2.05, 4.69) is 32.8 Å². The van der Waals surface area contributed by atoms with Gasteiger partial charge in [0.15, 0.2) is 0 Å². The van der Waals surface area contributed by atoms with E-state index in [4.69, 9.17) is 20.4 Å². The molecule has 4 aromatic carbocycles. The summed E-state index contributed by atoms with van der Waals surface area (Å²) in [5, 5.41) is 60.2. The third-order valence-corrected chi connectivity index (χ3v) is 11.5. The minimum atomic E-state index is -0.442. The fourth-order valence-electron chi connectivity index (χ4n) is 6.07. The predicted octanol–water partition coefficient (Wildman–Crippen LogP) is 7.31. The zero-order chi connectivity index (χ0) is 40.5. The number of rotatable bonds is 13. The maximum atomic E-state index is 11.2. The van der Waals surface area contributed by atoms with Crippen LogP contribution in [-0.2, 0) is 13.1 Å². The molecule has 18 nitrogen and oxygen atoms in total. The van der Waals surface area contributed by atoms with Crippen LogP contribution in [0.4, 0.5) is 11.4 Å². The highest BCUT2D eigenvalue weighted by Gasteiger charge is 2.25. The van der Waals surface area contributed by atoms with Crippen LogP contribution in [0.3, 0.4) is 0 Å². The maximum absolute atomic E-state index is 11.2. The molecule has 0 aliphatic heterocycles. The van der Waals surface area contributed by atoms with Crippen molar-refractivity contribution in [3.05, 3.63) is 151 Å². The van der Waals surface area contributed by atoms with Crippen LogP contribution in [0.1, 0.15) is 33.4 Å². The van der Waals surface area contributed by atoms with Crippen LogP contribution in [0.2, 0.25) is 0 Å². The molecule has 0 aliphatic rings. The van der Waals surface area contributed by atoms with Gasteiger partial charge in [-0.2, -0.15) is 19.8 Å². The van der Waals surface area contributed by atoms with Crippen molar-refractivity contribution in [3.8, 4) is 34.2 Å². The highest BCUT2D eigenvalue weighted by molar-refractivity contribution is 8.76. The van der Waals surface area contributed by atoms with Crippen LogP contribution in [0.25, 0.3) is 34.2 Å². The molecular weight excluding hydrogens is 781 g/mol. The van der Waals surface area contributed by atoms with Crippen LogP contribution >= 0.6 is 21.6 Å². The number of nitro benzene ring substituents is 2. The summed E-state index contributed by atoms with van der Waals surface area (Å²) in [6.45, 7) is 8.60. The van der Waals surface area contributed by atoms with Crippen molar-refractivity contribution >= 4 is 33.0 Å². The molecule has 0 radical (unpaired) electrons. The molecule has 0 amide bonds. The van der Waals surface area contributed by atoms with Crippen LogP contribution in [-0.4, -0.2) is 69.8 Å². The van der Waals surface area contributed by atoms with Crippen LogP contribution < -0.4 is 0 Å². The number of nitro groups is 2. The molecule has 8 aromatic rings. The lowest BCUT2D eigenvalue weighted by Gasteiger charge is -2.14. The topological polar surface area (TPSA) is 209 Å². The van der Waals surface area contributed by atoms with E-state index in [0.29, 0.717) is 22.8 Å². The zero-order valence-electron chi connectivity index (χ0n) is 31.4. The second-order valence-corrected chi connectivity index (χ2v) is 15.5. The zero-order valence-corrected chi connectivity index (χ0v) is 33.0. The van der Waals surface area contributed by atoms with E-state index in [1.807, 2.05) is 61.3 Å². The number of aryl methyl sites for hydroxylation is 4. The van der Waals surface area contributed by atoms with E-state index in [0.717, 1.165) is 54.8 Å². The Bertz CT molecular complexity index is 2620. The Hall–Kier alpha value is -7.06. The average Bonchev–Trinajstić information content (AvgIpc) is 4.03. The molecule has 58 heavy (non-hydrogen) atoms. The number of hydrogen-bond donors (Lipinski definition) is 0. The molecule has 8 rings (SSSR count). The molecule has 0 atom stereocenters. The van der Waals surface area contributed by atoms with E-state index < -0.39 is 9.85 Å². The maximum Gasteiger partial charge on any atom is 0.269 e. The molecule has 4 heterocycles. The summed E-state index contributed by atoms with van der Waals surface area (Å²) in [5.74, 6) is 0.696. The van der Waals surface area contributed by atoms with Gasteiger partial charge in [-0.3, -0.25) is 20.2 Å². The summed E-state index contributed by atoms with van der Waals surface area (Å²) in [6, 6.07) is 24.8. The Morgan fingerprint density at radius 1 is 0.569 bits per heavy atom. The van der Waals surface area contributed by atoms with Gasteiger partial charge in [0.1, 0.15) is 10.1 Å². The van der Waals surface area contributed by atoms with Gasteiger partial charge in [0.25, 0.3) is 11.4 Å². The van der Waals surface area contributed by atoms with E-state index in [9.17, 15) is 20.2 Å². The quantitative estimate of drug-likeness (QED) is 0.0635. The van der Waals surface area contributed by atoms with Crippen molar-refractivity contribution in [2.45, 2.75) is 50.8 Å². The lowest BCUT2D eigenvalue weighted by atomic mass is 10.1. The largest absolute Gasteiger partial charge is 0.269 e. The predicted molar refractivity (Wildman–Crippen MR) is 216 cm³/mol. The third-order valence-electron chi connectivity index (χ3n) is 9.17. The molecule has 0 saturated heterocycles. The molecular formula is C38H32N14O4S2. The van der Waals surface area contributed by atoms with E-state index in [1.165, 1.54) is 55.4 Å². The number of aromatic nitrogens is 12. The number of hydrogen-bond acceptors (Lipinski definition) is 14. The molecule has 0 fully saturated rings. The van der Waals surface area contributed by atoms with Crippen molar-refractivity contribution in [2.75, 3.05) is 0 Å². The third kappa shape index (κ3) is 7.82. The number of nitrogens with zero attached hydrogens (tertiary/aromatic N) is 14. The van der Waals surface area contributed by atoms with Gasteiger partial charge in [0, 0.05) is 24.3 Å². The number of tetrazole rings is 2. The van der Waals surface area contributed by atoms with Crippen LogP contribution in [0.15, 0.2) is 107 Å². The first-order chi connectivity index (χ1) is 28.0. The molecule has 0 N–H and O–H groups in total. The molecule has 0 spiro atoms. The van der Waals surface area contributed by atoms with Gasteiger partial charge in [-0.15, -0.1) is 20.4 Å². The van der Waals surface area contributed by atoms with Crippen molar-refractivity contribution < 1.29 is 9.85 Å². The van der Waals surface area contributed by atoms with Gasteiger partial charge in [-0.25, -0.2) is 9.36 Å². The fraction of sp³-hybridized carbons (Fsp3) is 0.158. The van der Waals surface area contributed by atoms with Crippen molar-refractivity contribution in [1.29, 1.82) is 0 Å². The van der Waals surface area contributed by atoms with E-state index in [1.54, 1.807) is 36.7 Å². The van der Waals surface area contributed by atoms with Crippen LogP contribution in [0, 0.1) is 47.9 Å². The first-order valence-corrected chi connectivity index (χ1v) is 19.8. The Kier molecular flexibility index (Phi) is 10.3. The molecule has 0 aliphatic carbocycles. The normalized spacial score (nSPS) is 11.3.